The van der Waals surface area contributed by atoms with E-state index in [4.69, 9.17) is 16.3 Å². The van der Waals surface area contributed by atoms with Crippen LogP contribution in [-0.2, 0) is 6.42 Å². The lowest BCUT2D eigenvalue weighted by molar-refractivity contribution is 0.409. The average molecular weight is 376 g/mol. The second-order valence-corrected chi connectivity index (χ2v) is 7.14. The maximum Gasteiger partial charge on any atom is 0.195 e. The first-order chi connectivity index (χ1) is 13.0. The molecule has 0 aliphatic carbocycles. The van der Waals surface area contributed by atoms with Gasteiger partial charge in [-0.3, -0.25) is 0 Å². The fraction of sp³-hybridized carbons (Fsp3) is 0.286. The molecule has 1 unspecified atom stereocenters. The average Bonchev–Trinajstić information content (AvgIpc) is 3.15. The molecule has 0 saturated heterocycles. The van der Waals surface area contributed by atoms with Crippen LogP contribution in [0.3, 0.4) is 0 Å². The Hall–Kier alpha value is -3.09. The number of rotatable bonds is 4. The minimum Gasteiger partial charge on any atom is -0.496 e. The van der Waals surface area contributed by atoms with E-state index < -0.39 is 0 Å². The summed E-state index contributed by atoms with van der Waals surface area (Å²) in [4.78, 5) is 8.59. The van der Waals surface area contributed by atoms with Crippen molar-refractivity contribution in [3.05, 3.63) is 73.9 Å². The standard InChI is InChI=1S/C21H20N4OS/c1-6-15-11-27-21(25-15)18-12(2)24-13(3)20(23-4)19(18)16-8-7-14(10-22)9-17(16)26-5/h7-9,11,19,24H,6H2,1-3,5H3. The lowest BCUT2D eigenvalue weighted by atomic mass is 9.83. The number of hydrogen-bond acceptors (Lipinski definition) is 5. The predicted octanol–water partition coefficient (Wildman–Crippen LogP) is 4.85. The fourth-order valence-electron chi connectivity index (χ4n) is 3.33. The number of hydrogen-bond donors (Lipinski definition) is 1. The fourth-order valence-corrected chi connectivity index (χ4v) is 4.36. The molecule has 1 atom stereocenters. The third-order valence-electron chi connectivity index (χ3n) is 4.66. The normalized spacial score (nSPS) is 16.6. The molecule has 2 heterocycles. The van der Waals surface area contributed by atoms with Crippen molar-refractivity contribution in [2.24, 2.45) is 0 Å². The Labute approximate surface area is 163 Å². The van der Waals surface area contributed by atoms with Gasteiger partial charge in [0.25, 0.3) is 0 Å². The van der Waals surface area contributed by atoms with E-state index in [0.29, 0.717) is 17.0 Å². The molecule has 0 fully saturated rings. The molecule has 0 amide bonds. The van der Waals surface area contributed by atoms with Crippen LogP contribution in [0.4, 0.5) is 0 Å². The van der Waals surface area contributed by atoms with Crippen LogP contribution in [-0.4, -0.2) is 12.1 Å². The van der Waals surface area contributed by atoms with Gasteiger partial charge in [0.15, 0.2) is 5.70 Å². The summed E-state index contributed by atoms with van der Waals surface area (Å²) in [5.74, 6) is 0.315. The molecule has 136 valence electrons. The van der Waals surface area contributed by atoms with E-state index in [9.17, 15) is 5.26 Å². The Kier molecular flexibility index (Phi) is 5.30. The molecule has 1 aromatic heterocycles. The zero-order valence-corrected chi connectivity index (χ0v) is 16.6. The van der Waals surface area contributed by atoms with Crippen molar-refractivity contribution in [1.29, 1.82) is 5.26 Å². The second-order valence-electron chi connectivity index (χ2n) is 6.28. The van der Waals surface area contributed by atoms with Crippen molar-refractivity contribution >= 4 is 16.9 Å². The van der Waals surface area contributed by atoms with Crippen LogP contribution in [0.2, 0.25) is 0 Å². The molecule has 0 radical (unpaired) electrons. The molecule has 27 heavy (non-hydrogen) atoms. The van der Waals surface area contributed by atoms with Crippen LogP contribution >= 0.6 is 11.3 Å². The molecule has 1 N–H and O–H groups in total. The van der Waals surface area contributed by atoms with Gasteiger partial charge in [0.2, 0.25) is 0 Å². The summed E-state index contributed by atoms with van der Waals surface area (Å²) in [6.07, 6.45) is 0.867. The van der Waals surface area contributed by atoms with Crippen molar-refractivity contribution in [3.8, 4) is 11.8 Å². The van der Waals surface area contributed by atoms with E-state index >= 15 is 0 Å². The molecule has 3 rings (SSSR count). The number of nitrogens with one attached hydrogen (secondary N) is 1. The number of nitrogens with zero attached hydrogens (tertiary/aromatic N) is 3. The first-order valence-corrected chi connectivity index (χ1v) is 9.50. The summed E-state index contributed by atoms with van der Waals surface area (Å²) in [7, 11) is 1.59. The van der Waals surface area contributed by atoms with Crippen LogP contribution < -0.4 is 10.1 Å². The molecule has 1 aliphatic heterocycles. The number of dihydropyridines is 1. The number of aromatic nitrogens is 1. The number of nitriles is 1. The molecular formula is C21H20N4OS. The summed E-state index contributed by atoms with van der Waals surface area (Å²) in [5.41, 5.74) is 5.84. The van der Waals surface area contributed by atoms with Crippen molar-refractivity contribution in [1.82, 2.24) is 10.3 Å². The molecule has 1 aliphatic rings. The van der Waals surface area contributed by atoms with Crippen LogP contribution in [0.1, 0.15) is 48.5 Å². The minimum atomic E-state index is -0.290. The van der Waals surface area contributed by atoms with Crippen molar-refractivity contribution in [2.75, 3.05) is 7.11 Å². The van der Waals surface area contributed by atoms with Crippen molar-refractivity contribution in [3.63, 3.8) is 0 Å². The van der Waals surface area contributed by atoms with E-state index in [-0.39, 0.29) is 5.92 Å². The highest BCUT2D eigenvalue weighted by molar-refractivity contribution is 7.10. The lowest BCUT2D eigenvalue weighted by Crippen LogP contribution is -2.23. The van der Waals surface area contributed by atoms with Crippen molar-refractivity contribution < 1.29 is 4.74 Å². The van der Waals surface area contributed by atoms with Gasteiger partial charge in [0, 0.05) is 22.3 Å². The Morgan fingerprint density at radius 2 is 2.15 bits per heavy atom. The minimum absolute atomic E-state index is 0.290. The van der Waals surface area contributed by atoms with Gasteiger partial charge in [-0.05, 0) is 38.0 Å². The Morgan fingerprint density at radius 3 is 2.74 bits per heavy atom. The zero-order chi connectivity index (χ0) is 19.6. The zero-order valence-electron chi connectivity index (χ0n) is 15.8. The second kappa shape index (κ2) is 7.65. The van der Waals surface area contributed by atoms with E-state index in [1.807, 2.05) is 19.9 Å². The van der Waals surface area contributed by atoms with Crippen LogP contribution in [0, 0.1) is 17.9 Å². The Bertz CT molecular complexity index is 1030. The third-order valence-corrected chi connectivity index (χ3v) is 5.59. The number of ether oxygens (including phenoxy) is 1. The molecule has 1 aromatic carbocycles. The highest BCUT2D eigenvalue weighted by atomic mass is 32.1. The first-order valence-electron chi connectivity index (χ1n) is 8.62. The monoisotopic (exact) mass is 376 g/mol. The maximum absolute atomic E-state index is 9.21. The van der Waals surface area contributed by atoms with E-state index in [0.717, 1.165) is 39.7 Å². The van der Waals surface area contributed by atoms with Crippen LogP contribution in [0.25, 0.3) is 10.4 Å². The van der Waals surface area contributed by atoms with Crippen LogP contribution in [0.15, 0.2) is 40.7 Å². The van der Waals surface area contributed by atoms with Gasteiger partial charge in [-0.25, -0.2) is 9.83 Å². The lowest BCUT2D eigenvalue weighted by Gasteiger charge is -2.29. The van der Waals surface area contributed by atoms with Gasteiger partial charge < -0.3 is 10.1 Å². The SMILES string of the molecule is [C-]#[N+]C1=C(C)NC(C)=C(c2nc(CC)cs2)C1c1ccc(C#N)cc1OC. The quantitative estimate of drug-likeness (QED) is 0.775. The number of allylic oxidation sites excluding steroid dienone is 3. The molecule has 0 saturated carbocycles. The van der Waals surface area contributed by atoms with E-state index in [2.05, 4.69) is 28.5 Å². The van der Waals surface area contributed by atoms with Gasteiger partial charge in [-0.2, -0.15) is 5.26 Å². The molecule has 5 nitrogen and oxygen atoms in total. The van der Waals surface area contributed by atoms with Crippen LogP contribution in [0.5, 0.6) is 5.75 Å². The smallest absolute Gasteiger partial charge is 0.195 e. The highest BCUT2D eigenvalue weighted by Gasteiger charge is 2.34. The largest absolute Gasteiger partial charge is 0.496 e. The van der Waals surface area contributed by atoms with Gasteiger partial charge in [-0.15, -0.1) is 11.3 Å². The summed E-state index contributed by atoms with van der Waals surface area (Å²) in [5, 5.41) is 15.5. The summed E-state index contributed by atoms with van der Waals surface area (Å²) >= 11 is 1.59. The van der Waals surface area contributed by atoms with E-state index in [1.165, 1.54) is 0 Å². The first kappa shape index (κ1) is 18.7. The van der Waals surface area contributed by atoms with Gasteiger partial charge in [0.05, 0.1) is 36.9 Å². The van der Waals surface area contributed by atoms with Gasteiger partial charge in [-0.1, -0.05) is 13.0 Å². The predicted molar refractivity (Wildman–Crippen MR) is 107 cm³/mol. The maximum atomic E-state index is 9.21. The Morgan fingerprint density at radius 1 is 1.37 bits per heavy atom. The molecular weight excluding hydrogens is 356 g/mol. The number of aryl methyl sites for hydroxylation is 1. The molecule has 6 heteroatoms. The molecule has 2 aromatic rings. The van der Waals surface area contributed by atoms with Gasteiger partial charge >= 0.3 is 0 Å². The summed E-state index contributed by atoms with van der Waals surface area (Å²) in [6.45, 7) is 13.8. The molecule has 0 spiro atoms. The van der Waals surface area contributed by atoms with E-state index in [1.54, 1.807) is 30.6 Å². The number of benzene rings is 1. The topological polar surface area (TPSA) is 62.3 Å². The summed E-state index contributed by atoms with van der Waals surface area (Å²) < 4.78 is 5.58. The number of methoxy groups -OCH3 is 1. The Balaban J connectivity index is 2.25. The molecule has 0 bridgehead atoms. The van der Waals surface area contributed by atoms with Crippen molar-refractivity contribution in [2.45, 2.75) is 33.1 Å². The third kappa shape index (κ3) is 3.32. The highest BCUT2D eigenvalue weighted by Crippen LogP contribution is 2.47. The van der Waals surface area contributed by atoms with Gasteiger partial charge in [0.1, 0.15) is 10.8 Å². The number of thiazole rings is 1. The summed E-state index contributed by atoms with van der Waals surface area (Å²) in [6, 6.07) is 7.51.